The highest BCUT2D eigenvalue weighted by Gasteiger charge is 2.24. The lowest BCUT2D eigenvalue weighted by molar-refractivity contribution is -0.384. The topological polar surface area (TPSA) is 102 Å². The Balaban J connectivity index is 1.88. The summed E-state index contributed by atoms with van der Waals surface area (Å²) < 4.78 is 5.08. The van der Waals surface area contributed by atoms with E-state index in [0.717, 1.165) is 0 Å². The van der Waals surface area contributed by atoms with Crippen molar-refractivity contribution in [3.8, 4) is 5.75 Å². The molecular formula is C16H10N2O5. The summed E-state index contributed by atoms with van der Waals surface area (Å²) in [4.78, 5) is 26.1. The van der Waals surface area contributed by atoms with Crippen molar-refractivity contribution < 1.29 is 19.6 Å². The number of nitro groups is 1. The lowest BCUT2D eigenvalue weighted by Crippen LogP contribution is -2.05. The van der Waals surface area contributed by atoms with Gasteiger partial charge in [0.2, 0.25) is 5.90 Å². The highest BCUT2D eigenvalue weighted by Crippen LogP contribution is 2.21. The Labute approximate surface area is 130 Å². The third-order valence-electron chi connectivity index (χ3n) is 3.14. The standard InChI is InChI=1S/C16H10N2O5/c19-13-7-1-10(2-8-13)9-14-16(20)23-15(17-14)11-3-5-12(6-4-11)18(21)22/h1-9,19H/b14-9-. The molecule has 0 bridgehead atoms. The molecule has 1 aliphatic heterocycles. The van der Waals surface area contributed by atoms with E-state index >= 15 is 0 Å². The Morgan fingerprint density at radius 3 is 2.35 bits per heavy atom. The van der Waals surface area contributed by atoms with E-state index in [9.17, 15) is 20.0 Å². The van der Waals surface area contributed by atoms with Crippen molar-refractivity contribution in [2.24, 2.45) is 4.99 Å². The number of ether oxygens (including phenoxy) is 1. The van der Waals surface area contributed by atoms with E-state index < -0.39 is 10.9 Å². The highest BCUT2D eigenvalue weighted by atomic mass is 16.6. The van der Waals surface area contributed by atoms with E-state index in [1.165, 1.54) is 42.5 Å². The lowest BCUT2D eigenvalue weighted by Gasteiger charge is -1.98. The molecular weight excluding hydrogens is 300 g/mol. The molecule has 23 heavy (non-hydrogen) atoms. The van der Waals surface area contributed by atoms with E-state index in [1.807, 2.05) is 0 Å². The number of hydrogen-bond acceptors (Lipinski definition) is 6. The van der Waals surface area contributed by atoms with Crippen molar-refractivity contribution in [2.75, 3.05) is 0 Å². The molecule has 0 spiro atoms. The minimum Gasteiger partial charge on any atom is -0.508 e. The number of carbonyl (C=O) groups excluding carboxylic acids is 1. The first-order valence-electron chi connectivity index (χ1n) is 6.59. The Bertz CT molecular complexity index is 836. The van der Waals surface area contributed by atoms with E-state index in [1.54, 1.807) is 12.1 Å². The quantitative estimate of drug-likeness (QED) is 0.406. The smallest absolute Gasteiger partial charge is 0.363 e. The van der Waals surface area contributed by atoms with Crippen LogP contribution < -0.4 is 0 Å². The number of aromatic hydroxyl groups is 1. The molecule has 7 heteroatoms. The van der Waals surface area contributed by atoms with Gasteiger partial charge in [-0.05, 0) is 35.9 Å². The Kier molecular flexibility index (Phi) is 3.60. The van der Waals surface area contributed by atoms with Gasteiger partial charge in [0.25, 0.3) is 5.69 Å². The van der Waals surface area contributed by atoms with E-state index in [0.29, 0.717) is 11.1 Å². The van der Waals surface area contributed by atoms with Gasteiger partial charge < -0.3 is 9.84 Å². The van der Waals surface area contributed by atoms with Crippen molar-refractivity contribution in [1.29, 1.82) is 0 Å². The Morgan fingerprint density at radius 2 is 1.74 bits per heavy atom. The van der Waals surface area contributed by atoms with Crippen LogP contribution in [-0.4, -0.2) is 21.9 Å². The Morgan fingerprint density at radius 1 is 1.09 bits per heavy atom. The zero-order valence-corrected chi connectivity index (χ0v) is 11.7. The summed E-state index contributed by atoms with van der Waals surface area (Å²) >= 11 is 0. The number of cyclic esters (lactones) is 1. The summed E-state index contributed by atoms with van der Waals surface area (Å²) in [7, 11) is 0. The first kappa shape index (κ1) is 14.5. The monoisotopic (exact) mass is 310 g/mol. The van der Waals surface area contributed by atoms with Gasteiger partial charge in [0, 0.05) is 17.7 Å². The number of hydrogen-bond donors (Lipinski definition) is 1. The van der Waals surface area contributed by atoms with Crippen LogP contribution in [0.3, 0.4) is 0 Å². The van der Waals surface area contributed by atoms with Crippen LogP contribution in [0.4, 0.5) is 5.69 Å². The number of nitrogens with zero attached hydrogens (tertiary/aromatic N) is 2. The van der Waals surface area contributed by atoms with Crippen LogP contribution in [-0.2, 0) is 9.53 Å². The molecule has 0 aromatic heterocycles. The molecule has 0 atom stereocenters. The summed E-state index contributed by atoms with van der Waals surface area (Å²) in [5.74, 6) is -0.391. The van der Waals surface area contributed by atoms with Crippen molar-refractivity contribution >= 4 is 23.6 Å². The molecule has 0 aliphatic carbocycles. The number of carbonyl (C=O) groups is 1. The maximum Gasteiger partial charge on any atom is 0.363 e. The molecule has 0 amide bonds. The van der Waals surface area contributed by atoms with Gasteiger partial charge in [0.15, 0.2) is 5.70 Å². The molecule has 2 aromatic rings. The summed E-state index contributed by atoms with van der Waals surface area (Å²) in [6, 6.07) is 11.8. The third-order valence-corrected chi connectivity index (χ3v) is 3.14. The molecule has 0 saturated carbocycles. The first-order valence-corrected chi connectivity index (χ1v) is 6.59. The van der Waals surface area contributed by atoms with Gasteiger partial charge in [-0.3, -0.25) is 10.1 Å². The number of non-ortho nitro benzene ring substituents is 1. The molecule has 0 saturated heterocycles. The zero-order valence-electron chi connectivity index (χ0n) is 11.7. The minimum atomic E-state index is -0.605. The minimum absolute atomic E-state index is 0.0569. The molecule has 3 rings (SSSR count). The van der Waals surface area contributed by atoms with Crippen LogP contribution in [0.2, 0.25) is 0 Å². The van der Waals surface area contributed by atoms with Gasteiger partial charge >= 0.3 is 5.97 Å². The second-order valence-electron chi connectivity index (χ2n) is 4.73. The Hall–Kier alpha value is -3.48. The third kappa shape index (κ3) is 3.08. The van der Waals surface area contributed by atoms with Crippen LogP contribution in [0.15, 0.2) is 59.2 Å². The van der Waals surface area contributed by atoms with Crippen LogP contribution in [0.5, 0.6) is 5.75 Å². The second-order valence-corrected chi connectivity index (χ2v) is 4.73. The fourth-order valence-corrected chi connectivity index (χ4v) is 1.99. The number of aliphatic imine (C=N–C) groups is 1. The summed E-state index contributed by atoms with van der Waals surface area (Å²) in [5.41, 5.74) is 1.21. The number of phenolic OH excluding ortho intramolecular Hbond substituents is 1. The van der Waals surface area contributed by atoms with Crippen molar-refractivity contribution in [1.82, 2.24) is 0 Å². The zero-order chi connectivity index (χ0) is 16.4. The lowest BCUT2D eigenvalue weighted by atomic mass is 10.2. The van der Waals surface area contributed by atoms with Gasteiger partial charge in [-0.2, -0.15) is 0 Å². The summed E-state index contributed by atoms with van der Waals surface area (Å²) in [6.07, 6.45) is 1.53. The van der Waals surface area contributed by atoms with Crippen LogP contribution in [0, 0.1) is 10.1 Å². The average molecular weight is 310 g/mol. The van der Waals surface area contributed by atoms with Crippen LogP contribution >= 0.6 is 0 Å². The summed E-state index contributed by atoms with van der Waals surface area (Å²) in [5, 5.41) is 19.9. The largest absolute Gasteiger partial charge is 0.508 e. The van der Waals surface area contributed by atoms with Crippen molar-refractivity contribution in [2.45, 2.75) is 0 Å². The predicted molar refractivity (Wildman–Crippen MR) is 81.8 cm³/mol. The predicted octanol–water partition coefficient (Wildman–Crippen LogP) is 2.64. The second kappa shape index (κ2) is 5.72. The normalized spacial score (nSPS) is 15.4. The van der Waals surface area contributed by atoms with Crippen molar-refractivity contribution in [3.63, 3.8) is 0 Å². The molecule has 1 aliphatic rings. The molecule has 0 unspecified atom stereocenters. The number of esters is 1. The van der Waals surface area contributed by atoms with Gasteiger partial charge in [0.1, 0.15) is 5.75 Å². The van der Waals surface area contributed by atoms with E-state index in [2.05, 4.69) is 4.99 Å². The maximum absolute atomic E-state index is 11.8. The van der Waals surface area contributed by atoms with Gasteiger partial charge in [-0.15, -0.1) is 0 Å². The highest BCUT2D eigenvalue weighted by molar-refractivity contribution is 6.12. The fourth-order valence-electron chi connectivity index (χ4n) is 1.99. The average Bonchev–Trinajstić information content (AvgIpc) is 2.91. The molecule has 0 fully saturated rings. The van der Waals surface area contributed by atoms with E-state index in [4.69, 9.17) is 4.74 Å². The first-order chi connectivity index (χ1) is 11.0. The number of rotatable bonds is 3. The van der Waals surface area contributed by atoms with Crippen LogP contribution in [0.25, 0.3) is 6.08 Å². The van der Waals surface area contributed by atoms with Gasteiger partial charge in [-0.1, -0.05) is 12.1 Å². The number of benzene rings is 2. The molecule has 114 valence electrons. The SMILES string of the molecule is O=C1OC(c2ccc([N+](=O)[O-])cc2)=N/C1=C\c1ccc(O)cc1. The molecule has 1 N–H and O–H groups in total. The maximum atomic E-state index is 11.8. The molecule has 7 nitrogen and oxygen atoms in total. The summed E-state index contributed by atoms with van der Waals surface area (Å²) in [6.45, 7) is 0. The number of nitro benzene ring substituents is 1. The molecule has 1 heterocycles. The van der Waals surface area contributed by atoms with E-state index in [-0.39, 0.29) is 23.0 Å². The van der Waals surface area contributed by atoms with Gasteiger partial charge in [0.05, 0.1) is 4.92 Å². The molecule has 2 aromatic carbocycles. The van der Waals surface area contributed by atoms with Crippen LogP contribution in [0.1, 0.15) is 11.1 Å². The van der Waals surface area contributed by atoms with Crippen molar-refractivity contribution in [3.05, 3.63) is 75.5 Å². The molecule has 0 radical (unpaired) electrons. The fraction of sp³-hybridized carbons (Fsp3) is 0. The number of phenols is 1. The van der Waals surface area contributed by atoms with Gasteiger partial charge in [-0.25, -0.2) is 9.79 Å².